The van der Waals surface area contributed by atoms with Crippen LogP contribution in [0.3, 0.4) is 0 Å². The van der Waals surface area contributed by atoms with Crippen LogP contribution in [0.25, 0.3) is 16.6 Å². The molecule has 0 bridgehead atoms. The van der Waals surface area contributed by atoms with Crippen LogP contribution in [-0.2, 0) is 5.88 Å². The van der Waals surface area contributed by atoms with Crippen molar-refractivity contribution >= 4 is 28.2 Å². The number of benzene rings is 1. The number of rotatable bonds is 2. The Bertz CT molecular complexity index is 817. The zero-order chi connectivity index (χ0) is 13.6. The lowest BCUT2D eigenvalue weighted by Crippen LogP contribution is -2.24. The highest BCUT2D eigenvalue weighted by Crippen LogP contribution is 2.19. The molecule has 0 saturated carbocycles. The van der Waals surface area contributed by atoms with E-state index in [0.717, 1.165) is 11.0 Å². The van der Waals surface area contributed by atoms with Gasteiger partial charge in [0.15, 0.2) is 0 Å². The van der Waals surface area contributed by atoms with E-state index in [9.17, 15) is 4.79 Å². The van der Waals surface area contributed by atoms with Gasteiger partial charge in [0.05, 0.1) is 22.6 Å². The number of para-hydroxylation sites is 2. The number of alkyl halides is 1. The van der Waals surface area contributed by atoms with Crippen LogP contribution in [0.15, 0.2) is 35.4 Å². The normalized spacial score (nSPS) is 11.8. The lowest BCUT2D eigenvalue weighted by atomic mass is 10.2. The van der Waals surface area contributed by atoms with Crippen molar-refractivity contribution in [2.45, 2.75) is 25.8 Å². The molecule has 3 aromatic rings. The third-order valence-electron chi connectivity index (χ3n) is 3.31. The first-order chi connectivity index (χ1) is 9.15. The molecule has 2 aromatic heterocycles. The molecule has 0 fully saturated rings. The molecule has 1 aromatic carbocycles. The molecule has 3 rings (SSSR count). The van der Waals surface area contributed by atoms with Gasteiger partial charge in [-0.05, 0) is 26.0 Å². The number of hydrogen-bond acceptors (Lipinski definition) is 2. The number of fused-ring (bicyclic) bond motifs is 3. The fourth-order valence-corrected chi connectivity index (χ4v) is 2.70. The van der Waals surface area contributed by atoms with E-state index in [0.29, 0.717) is 11.2 Å². The summed E-state index contributed by atoms with van der Waals surface area (Å²) in [6.07, 6.45) is 1.67. The first-order valence-corrected chi connectivity index (χ1v) is 6.73. The summed E-state index contributed by atoms with van der Waals surface area (Å²) in [6, 6.07) is 7.92. The molecular weight excluding hydrogens is 262 g/mol. The van der Waals surface area contributed by atoms with E-state index in [1.807, 2.05) is 42.5 Å². The van der Waals surface area contributed by atoms with Crippen molar-refractivity contribution < 1.29 is 0 Å². The fourth-order valence-electron chi connectivity index (χ4n) is 2.50. The third kappa shape index (κ3) is 1.67. The first kappa shape index (κ1) is 12.2. The summed E-state index contributed by atoms with van der Waals surface area (Å²) < 4.78 is 3.62. The van der Waals surface area contributed by atoms with Gasteiger partial charge in [0.1, 0.15) is 11.8 Å². The number of halogens is 1. The van der Waals surface area contributed by atoms with Crippen LogP contribution in [0.4, 0.5) is 0 Å². The van der Waals surface area contributed by atoms with Gasteiger partial charge in [-0.3, -0.25) is 9.20 Å². The molecule has 0 amide bonds. The summed E-state index contributed by atoms with van der Waals surface area (Å²) in [5.74, 6) is 0.238. The molecule has 2 heterocycles. The van der Waals surface area contributed by atoms with Crippen LogP contribution in [0.1, 0.15) is 25.6 Å². The summed E-state index contributed by atoms with van der Waals surface area (Å²) in [7, 11) is 0. The predicted molar refractivity (Wildman–Crippen MR) is 76.9 cm³/mol. The highest BCUT2D eigenvalue weighted by atomic mass is 35.5. The Balaban J connectivity index is 2.63. The molecule has 0 unspecified atom stereocenters. The van der Waals surface area contributed by atoms with E-state index in [-0.39, 0.29) is 17.5 Å². The summed E-state index contributed by atoms with van der Waals surface area (Å²) >= 11 is 5.88. The highest BCUT2D eigenvalue weighted by molar-refractivity contribution is 6.17. The second kappa shape index (κ2) is 4.38. The van der Waals surface area contributed by atoms with Gasteiger partial charge in [-0.25, -0.2) is 4.98 Å². The number of nitrogens with zero attached hydrogens (tertiary/aromatic N) is 3. The topological polar surface area (TPSA) is 39.3 Å². The molecule has 4 nitrogen and oxygen atoms in total. The minimum atomic E-state index is -0.0400. The number of hydrogen-bond donors (Lipinski definition) is 0. The second-order valence-electron chi connectivity index (χ2n) is 4.80. The Morgan fingerprint density at radius 3 is 2.58 bits per heavy atom. The molecule has 5 heteroatoms. The maximum Gasteiger partial charge on any atom is 0.277 e. The van der Waals surface area contributed by atoms with Crippen LogP contribution in [0.2, 0.25) is 0 Å². The number of imidazole rings is 1. The molecule has 0 aliphatic carbocycles. The van der Waals surface area contributed by atoms with Gasteiger partial charge in [0.25, 0.3) is 5.56 Å². The molecule has 98 valence electrons. The standard InChI is InChI=1S/C14H14ClN3O/c1-9(2)18-12-6-4-3-5-11(12)17-8-16-10(7-15)13(17)14(18)19/h3-6,8-9H,7H2,1-2H3. The highest BCUT2D eigenvalue weighted by Gasteiger charge is 2.16. The Hall–Kier alpha value is -1.81. The van der Waals surface area contributed by atoms with Crippen LogP contribution >= 0.6 is 11.6 Å². The monoisotopic (exact) mass is 275 g/mol. The van der Waals surface area contributed by atoms with Gasteiger partial charge < -0.3 is 4.57 Å². The van der Waals surface area contributed by atoms with Crippen molar-refractivity contribution in [1.29, 1.82) is 0 Å². The average molecular weight is 276 g/mol. The van der Waals surface area contributed by atoms with E-state index in [2.05, 4.69) is 4.98 Å². The van der Waals surface area contributed by atoms with Gasteiger partial charge in [0.2, 0.25) is 0 Å². The largest absolute Gasteiger partial charge is 0.302 e. The molecule has 0 aliphatic rings. The molecule has 0 N–H and O–H groups in total. The summed E-state index contributed by atoms with van der Waals surface area (Å²) in [6.45, 7) is 4.00. The number of aromatic nitrogens is 3. The minimum Gasteiger partial charge on any atom is -0.302 e. The van der Waals surface area contributed by atoms with E-state index in [1.165, 1.54) is 0 Å². The third-order valence-corrected chi connectivity index (χ3v) is 3.56. The smallest absolute Gasteiger partial charge is 0.277 e. The van der Waals surface area contributed by atoms with E-state index in [4.69, 9.17) is 11.6 Å². The predicted octanol–water partition coefficient (Wildman–Crippen LogP) is 2.97. The summed E-state index contributed by atoms with van der Waals surface area (Å²) in [4.78, 5) is 16.9. The fraction of sp³-hybridized carbons (Fsp3) is 0.286. The van der Waals surface area contributed by atoms with Gasteiger partial charge in [-0.15, -0.1) is 11.6 Å². The zero-order valence-electron chi connectivity index (χ0n) is 10.8. The van der Waals surface area contributed by atoms with Crippen molar-refractivity contribution in [2.24, 2.45) is 0 Å². The Morgan fingerprint density at radius 1 is 1.26 bits per heavy atom. The van der Waals surface area contributed by atoms with Gasteiger partial charge in [-0.2, -0.15) is 0 Å². The van der Waals surface area contributed by atoms with E-state index < -0.39 is 0 Å². The maximum absolute atomic E-state index is 12.7. The molecule has 0 atom stereocenters. The van der Waals surface area contributed by atoms with E-state index >= 15 is 0 Å². The first-order valence-electron chi connectivity index (χ1n) is 6.20. The zero-order valence-corrected chi connectivity index (χ0v) is 11.6. The maximum atomic E-state index is 12.7. The van der Waals surface area contributed by atoms with Crippen LogP contribution in [0.5, 0.6) is 0 Å². The van der Waals surface area contributed by atoms with Crippen molar-refractivity contribution in [2.75, 3.05) is 0 Å². The molecule has 0 spiro atoms. The van der Waals surface area contributed by atoms with Crippen molar-refractivity contribution in [3.05, 3.63) is 46.6 Å². The molecule has 0 aliphatic heterocycles. The van der Waals surface area contributed by atoms with Crippen molar-refractivity contribution in [1.82, 2.24) is 14.0 Å². The lowest BCUT2D eigenvalue weighted by Gasteiger charge is -2.15. The SMILES string of the molecule is CC(C)n1c(=O)c2c(CCl)ncn2c2ccccc21. The van der Waals surface area contributed by atoms with Gasteiger partial charge in [-0.1, -0.05) is 12.1 Å². The van der Waals surface area contributed by atoms with Crippen LogP contribution in [-0.4, -0.2) is 14.0 Å². The Kier molecular flexibility index (Phi) is 2.82. The van der Waals surface area contributed by atoms with Gasteiger partial charge in [0, 0.05) is 6.04 Å². The molecule has 0 saturated heterocycles. The minimum absolute atomic E-state index is 0.0400. The van der Waals surface area contributed by atoms with Gasteiger partial charge >= 0.3 is 0 Å². The molecular formula is C14H14ClN3O. The molecule has 19 heavy (non-hydrogen) atoms. The van der Waals surface area contributed by atoms with Crippen molar-refractivity contribution in [3.63, 3.8) is 0 Å². The Labute approximate surface area is 115 Å². The van der Waals surface area contributed by atoms with Crippen LogP contribution in [0, 0.1) is 0 Å². The van der Waals surface area contributed by atoms with Crippen LogP contribution < -0.4 is 5.56 Å². The summed E-state index contributed by atoms with van der Waals surface area (Å²) in [5.41, 5.74) is 3.04. The average Bonchev–Trinajstić information content (AvgIpc) is 2.83. The lowest BCUT2D eigenvalue weighted by molar-refractivity contribution is 0.601. The van der Waals surface area contributed by atoms with Crippen molar-refractivity contribution in [3.8, 4) is 0 Å². The molecule has 0 radical (unpaired) electrons. The van der Waals surface area contributed by atoms with E-state index in [1.54, 1.807) is 10.9 Å². The quantitative estimate of drug-likeness (QED) is 0.675. The summed E-state index contributed by atoms with van der Waals surface area (Å²) in [5, 5.41) is 0. The second-order valence-corrected chi connectivity index (χ2v) is 5.07. The Morgan fingerprint density at radius 2 is 1.95 bits per heavy atom.